The highest BCUT2D eigenvalue weighted by atomic mass is 35.5. The van der Waals surface area contributed by atoms with Crippen molar-refractivity contribution in [2.75, 3.05) is 0 Å². The van der Waals surface area contributed by atoms with Crippen molar-refractivity contribution in [1.29, 1.82) is 5.26 Å². The Labute approximate surface area is 113 Å². The molecule has 0 aliphatic carbocycles. The number of benzene rings is 1. The Kier molecular flexibility index (Phi) is 6.11. The molecule has 1 aromatic carbocycles. The fourth-order valence-electron chi connectivity index (χ4n) is 1.90. The van der Waals surface area contributed by atoms with E-state index in [1.54, 1.807) is 6.07 Å². The van der Waals surface area contributed by atoms with Gasteiger partial charge in [0.1, 0.15) is 5.82 Å². The van der Waals surface area contributed by atoms with E-state index in [2.05, 4.69) is 6.07 Å². The molecule has 0 aliphatic rings. The van der Waals surface area contributed by atoms with Gasteiger partial charge in [0.25, 0.3) is 0 Å². The third-order valence-electron chi connectivity index (χ3n) is 2.94. The Morgan fingerprint density at radius 3 is 2.83 bits per heavy atom. The van der Waals surface area contributed by atoms with Crippen LogP contribution in [0.4, 0.5) is 4.39 Å². The maximum absolute atomic E-state index is 13.5. The van der Waals surface area contributed by atoms with E-state index in [1.807, 2.05) is 13.0 Å². The van der Waals surface area contributed by atoms with Crippen molar-refractivity contribution in [2.24, 2.45) is 5.73 Å². The van der Waals surface area contributed by atoms with Crippen LogP contribution in [0.1, 0.15) is 37.3 Å². The molecule has 0 saturated carbocycles. The molecule has 0 radical (unpaired) electrons. The summed E-state index contributed by atoms with van der Waals surface area (Å²) < 4.78 is 13.5. The minimum absolute atomic E-state index is 0.0726. The third kappa shape index (κ3) is 4.29. The van der Waals surface area contributed by atoms with E-state index in [-0.39, 0.29) is 16.9 Å². The summed E-state index contributed by atoms with van der Waals surface area (Å²) in [6, 6.07) is 5.51. The summed E-state index contributed by atoms with van der Waals surface area (Å²) in [5.74, 6) is -0.316. The van der Waals surface area contributed by atoms with Gasteiger partial charge in [0, 0.05) is 6.04 Å². The number of hydrogen-bond acceptors (Lipinski definition) is 2. The van der Waals surface area contributed by atoms with Crippen LogP contribution in [0.2, 0.25) is 5.02 Å². The highest BCUT2D eigenvalue weighted by Crippen LogP contribution is 2.22. The topological polar surface area (TPSA) is 49.8 Å². The molecule has 1 atom stereocenters. The van der Waals surface area contributed by atoms with Gasteiger partial charge in [-0.1, -0.05) is 24.6 Å². The average molecular weight is 269 g/mol. The van der Waals surface area contributed by atoms with Crippen LogP contribution in [0.5, 0.6) is 0 Å². The molecule has 0 heterocycles. The monoisotopic (exact) mass is 268 g/mol. The van der Waals surface area contributed by atoms with Gasteiger partial charge in [0.2, 0.25) is 0 Å². The van der Waals surface area contributed by atoms with E-state index < -0.39 is 0 Å². The lowest BCUT2D eigenvalue weighted by molar-refractivity contribution is 0.589. The van der Waals surface area contributed by atoms with E-state index in [4.69, 9.17) is 22.6 Å². The maximum Gasteiger partial charge on any atom is 0.144 e. The predicted molar refractivity (Wildman–Crippen MR) is 71.9 cm³/mol. The number of halogens is 2. The molecule has 4 heteroatoms. The third-order valence-corrected chi connectivity index (χ3v) is 3.21. The van der Waals surface area contributed by atoms with Crippen LogP contribution in [-0.4, -0.2) is 6.04 Å². The first-order valence-corrected chi connectivity index (χ1v) is 6.55. The molecule has 98 valence electrons. The summed E-state index contributed by atoms with van der Waals surface area (Å²) in [4.78, 5) is 0. The largest absolute Gasteiger partial charge is 0.327 e. The van der Waals surface area contributed by atoms with Gasteiger partial charge in [-0.3, -0.25) is 0 Å². The zero-order chi connectivity index (χ0) is 13.5. The molecule has 0 fully saturated rings. The average Bonchev–Trinajstić information content (AvgIpc) is 2.33. The van der Waals surface area contributed by atoms with Crippen LogP contribution < -0.4 is 5.73 Å². The number of aryl methyl sites for hydroxylation is 2. The number of rotatable bonds is 6. The molecule has 0 aromatic heterocycles. The lowest BCUT2D eigenvalue weighted by Crippen LogP contribution is -2.18. The molecule has 18 heavy (non-hydrogen) atoms. The van der Waals surface area contributed by atoms with Crippen molar-refractivity contribution in [3.05, 3.63) is 34.1 Å². The van der Waals surface area contributed by atoms with E-state index in [0.29, 0.717) is 18.4 Å². The Balaban J connectivity index is 2.58. The fourth-order valence-corrected chi connectivity index (χ4v) is 2.16. The fraction of sp³-hybridized carbons (Fsp3) is 0.500. The van der Waals surface area contributed by atoms with Crippen LogP contribution in [0, 0.1) is 17.1 Å². The molecule has 0 aliphatic heterocycles. The Morgan fingerprint density at radius 2 is 2.22 bits per heavy atom. The number of nitrogens with zero attached hydrogens (tertiary/aromatic N) is 1. The molecule has 1 aromatic rings. The SMILES string of the molecule is CCc1cc(CCC[C@@H](N)CC#N)cc(Cl)c1F. The van der Waals surface area contributed by atoms with Crippen LogP contribution in [0.15, 0.2) is 12.1 Å². The lowest BCUT2D eigenvalue weighted by Gasteiger charge is -2.09. The van der Waals surface area contributed by atoms with Gasteiger partial charge in [-0.25, -0.2) is 4.39 Å². The van der Waals surface area contributed by atoms with Crippen molar-refractivity contribution in [1.82, 2.24) is 0 Å². The van der Waals surface area contributed by atoms with E-state index in [0.717, 1.165) is 24.8 Å². The molecule has 0 unspecified atom stereocenters. The highest BCUT2D eigenvalue weighted by Gasteiger charge is 2.08. The minimum Gasteiger partial charge on any atom is -0.327 e. The second-order valence-corrected chi connectivity index (χ2v) is 4.83. The predicted octanol–water partition coefficient (Wildman–Crippen LogP) is 3.61. The second-order valence-electron chi connectivity index (χ2n) is 4.42. The molecular weight excluding hydrogens is 251 g/mol. The Bertz CT molecular complexity index is 440. The second kappa shape index (κ2) is 7.35. The van der Waals surface area contributed by atoms with Gasteiger partial charge in [-0.2, -0.15) is 5.26 Å². The van der Waals surface area contributed by atoms with E-state index in [9.17, 15) is 4.39 Å². The zero-order valence-electron chi connectivity index (χ0n) is 10.5. The van der Waals surface area contributed by atoms with Crippen LogP contribution >= 0.6 is 11.6 Å². The molecule has 0 amide bonds. The summed E-state index contributed by atoms with van der Waals surface area (Å²) in [5, 5.41) is 8.68. The summed E-state index contributed by atoms with van der Waals surface area (Å²) in [6.07, 6.45) is 3.50. The Morgan fingerprint density at radius 1 is 1.50 bits per heavy atom. The van der Waals surface area contributed by atoms with Gasteiger partial charge in [0.15, 0.2) is 0 Å². The standard InChI is InChI=1S/C14H18ClFN2/c1-2-11-8-10(9-13(15)14(11)16)4-3-5-12(18)6-7-17/h8-9,12H,2-6,18H2,1H3/t12-/m1/s1. The first-order chi connectivity index (χ1) is 8.58. The van der Waals surface area contributed by atoms with Crippen LogP contribution in [-0.2, 0) is 12.8 Å². The summed E-state index contributed by atoms with van der Waals surface area (Å²) in [7, 11) is 0. The van der Waals surface area contributed by atoms with Gasteiger partial charge in [-0.15, -0.1) is 0 Å². The van der Waals surface area contributed by atoms with E-state index >= 15 is 0 Å². The minimum atomic E-state index is -0.316. The summed E-state index contributed by atoms with van der Waals surface area (Å²) >= 11 is 5.85. The van der Waals surface area contributed by atoms with Gasteiger partial charge in [0.05, 0.1) is 17.5 Å². The first kappa shape index (κ1) is 14.9. The first-order valence-electron chi connectivity index (χ1n) is 6.17. The molecule has 0 saturated heterocycles. The van der Waals surface area contributed by atoms with Crippen molar-refractivity contribution in [3.8, 4) is 6.07 Å². The van der Waals surface area contributed by atoms with Crippen LogP contribution in [0.3, 0.4) is 0 Å². The Hall–Kier alpha value is -1.11. The zero-order valence-corrected chi connectivity index (χ0v) is 11.3. The quantitative estimate of drug-likeness (QED) is 0.857. The van der Waals surface area contributed by atoms with Crippen molar-refractivity contribution >= 4 is 11.6 Å². The van der Waals surface area contributed by atoms with Crippen molar-refractivity contribution in [2.45, 2.75) is 45.1 Å². The van der Waals surface area contributed by atoms with Gasteiger partial charge in [-0.05, 0) is 42.9 Å². The van der Waals surface area contributed by atoms with Crippen LogP contribution in [0.25, 0.3) is 0 Å². The van der Waals surface area contributed by atoms with Crippen molar-refractivity contribution in [3.63, 3.8) is 0 Å². The molecule has 2 N–H and O–H groups in total. The lowest BCUT2D eigenvalue weighted by atomic mass is 10.0. The van der Waals surface area contributed by atoms with Crippen molar-refractivity contribution < 1.29 is 4.39 Å². The molecular formula is C14H18ClFN2. The molecule has 2 nitrogen and oxygen atoms in total. The normalized spacial score (nSPS) is 12.2. The number of nitriles is 1. The smallest absolute Gasteiger partial charge is 0.144 e. The molecule has 1 rings (SSSR count). The number of hydrogen-bond donors (Lipinski definition) is 1. The number of nitrogens with two attached hydrogens (primary N) is 1. The highest BCUT2D eigenvalue weighted by molar-refractivity contribution is 6.30. The summed E-state index contributed by atoms with van der Waals surface area (Å²) in [5.41, 5.74) is 7.43. The van der Waals surface area contributed by atoms with Gasteiger partial charge < -0.3 is 5.73 Å². The summed E-state index contributed by atoms with van der Waals surface area (Å²) in [6.45, 7) is 1.90. The maximum atomic E-state index is 13.5. The molecule has 0 bridgehead atoms. The van der Waals surface area contributed by atoms with Gasteiger partial charge >= 0.3 is 0 Å². The molecule has 0 spiro atoms. The van der Waals surface area contributed by atoms with E-state index in [1.165, 1.54) is 0 Å².